The zero-order chi connectivity index (χ0) is 15.9. The molecule has 1 aromatic rings. The summed E-state index contributed by atoms with van der Waals surface area (Å²) in [4.78, 5) is 27.4. The van der Waals surface area contributed by atoms with E-state index in [-0.39, 0.29) is 11.8 Å². The summed E-state index contributed by atoms with van der Waals surface area (Å²) in [5.74, 6) is 0.206. The van der Waals surface area contributed by atoms with Crippen LogP contribution in [-0.4, -0.2) is 42.9 Å². The van der Waals surface area contributed by atoms with Crippen LogP contribution in [0.2, 0.25) is 0 Å². The van der Waals surface area contributed by atoms with Gasteiger partial charge in [-0.05, 0) is 24.6 Å². The smallest absolute Gasteiger partial charge is 0.222 e. The number of benzene rings is 1. The molecule has 0 aliphatic carbocycles. The third-order valence-electron chi connectivity index (χ3n) is 3.91. The summed E-state index contributed by atoms with van der Waals surface area (Å²) in [6, 6.07) is 7.85. The highest BCUT2D eigenvalue weighted by molar-refractivity contribution is 5.89. The van der Waals surface area contributed by atoms with Gasteiger partial charge in [-0.3, -0.25) is 9.59 Å². The van der Waals surface area contributed by atoms with Crippen molar-refractivity contribution in [3.05, 3.63) is 24.3 Å². The summed E-state index contributed by atoms with van der Waals surface area (Å²) < 4.78 is 0. The van der Waals surface area contributed by atoms with E-state index in [0.717, 1.165) is 50.4 Å². The second-order valence-corrected chi connectivity index (χ2v) is 5.70. The van der Waals surface area contributed by atoms with Crippen molar-refractivity contribution in [2.75, 3.05) is 36.4 Å². The van der Waals surface area contributed by atoms with Gasteiger partial charge in [-0.1, -0.05) is 19.4 Å². The predicted molar refractivity (Wildman–Crippen MR) is 89.1 cm³/mol. The molecule has 1 aliphatic rings. The van der Waals surface area contributed by atoms with Gasteiger partial charge in [-0.25, -0.2) is 0 Å². The summed E-state index contributed by atoms with van der Waals surface area (Å²) in [5.41, 5.74) is 1.90. The normalized spacial score (nSPS) is 14.8. The first-order chi connectivity index (χ1) is 10.6. The quantitative estimate of drug-likeness (QED) is 0.909. The fraction of sp³-hybridized carbons (Fsp3) is 0.529. The lowest BCUT2D eigenvalue weighted by molar-refractivity contribution is -0.131. The van der Waals surface area contributed by atoms with Crippen molar-refractivity contribution in [1.82, 2.24) is 4.90 Å². The molecule has 0 unspecified atom stereocenters. The zero-order valence-corrected chi connectivity index (χ0v) is 13.5. The Bertz CT molecular complexity index is 522. The molecule has 0 saturated carbocycles. The second-order valence-electron chi connectivity index (χ2n) is 5.70. The number of carbonyl (C=O) groups is 2. The molecule has 0 radical (unpaired) electrons. The molecule has 1 heterocycles. The molecule has 1 fully saturated rings. The standard InChI is InChI=1S/C17H25N3O2/c1-3-4-8-17(22)20-11-9-19(10-12-20)16-7-5-6-15(13-16)18-14(2)21/h5-7,13H,3-4,8-12H2,1-2H3,(H,18,21). The number of anilines is 2. The van der Waals surface area contributed by atoms with Crippen LogP contribution in [0.4, 0.5) is 11.4 Å². The van der Waals surface area contributed by atoms with E-state index in [9.17, 15) is 9.59 Å². The summed E-state index contributed by atoms with van der Waals surface area (Å²) in [5, 5.41) is 2.80. The van der Waals surface area contributed by atoms with E-state index in [2.05, 4.69) is 17.1 Å². The van der Waals surface area contributed by atoms with E-state index >= 15 is 0 Å². The van der Waals surface area contributed by atoms with Crippen molar-refractivity contribution in [2.45, 2.75) is 33.1 Å². The van der Waals surface area contributed by atoms with Gasteiger partial charge in [-0.15, -0.1) is 0 Å². The van der Waals surface area contributed by atoms with E-state index in [1.807, 2.05) is 29.2 Å². The van der Waals surface area contributed by atoms with E-state index in [4.69, 9.17) is 0 Å². The number of unbranched alkanes of at least 4 members (excludes halogenated alkanes) is 1. The second kappa shape index (κ2) is 7.82. The Balaban J connectivity index is 1.91. The summed E-state index contributed by atoms with van der Waals surface area (Å²) in [6.45, 7) is 6.82. The monoisotopic (exact) mass is 303 g/mol. The molecule has 1 saturated heterocycles. The van der Waals surface area contributed by atoms with E-state index in [1.54, 1.807) is 0 Å². The molecule has 5 heteroatoms. The Morgan fingerprint density at radius 2 is 1.91 bits per heavy atom. The molecule has 5 nitrogen and oxygen atoms in total. The van der Waals surface area contributed by atoms with Crippen molar-refractivity contribution in [2.24, 2.45) is 0 Å². The van der Waals surface area contributed by atoms with Crippen LogP contribution in [0.5, 0.6) is 0 Å². The lowest BCUT2D eigenvalue weighted by Crippen LogP contribution is -2.48. The minimum atomic E-state index is -0.0662. The van der Waals surface area contributed by atoms with Crippen molar-refractivity contribution < 1.29 is 9.59 Å². The van der Waals surface area contributed by atoms with Gasteiger partial charge in [0.05, 0.1) is 0 Å². The maximum absolute atomic E-state index is 12.0. The van der Waals surface area contributed by atoms with E-state index in [1.165, 1.54) is 6.92 Å². The molecule has 1 N–H and O–H groups in total. The number of nitrogens with one attached hydrogen (secondary N) is 1. The van der Waals surface area contributed by atoms with Crippen LogP contribution < -0.4 is 10.2 Å². The molecular weight excluding hydrogens is 278 g/mol. The molecule has 0 aromatic heterocycles. The van der Waals surface area contributed by atoms with Crippen molar-refractivity contribution in [1.29, 1.82) is 0 Å². The van der Waals surface area contributed by atoms with Crippen LogP contribution >= 0.6 is 0 Å². The molecule has 2 rings (SSSR count). The number of carbonyl (C=O) groups excluding carboxylic acids is 2. The van der Waals surface area contributed by atoms with Crippen LogP contribution in [0.25, 0.3) is 0 Å². The topological polar surface area (TPSA) is 52.7 Å². The van der Waals surface area contributed by atoms with Gasteiger partial charge in [0.25, 0.3) is 0 Å². The van der Waals surface area contributed by atoms with Gasteiger partial charge >= 0.3 is 0 Å². The Labute approximate surface area is 132 Å². The van der Waals surface area contributed by atoms with E-state index in [0.29, 0.717) is 6.42 Å². The van der Waals surface area contributed by atoms with Gasteiger partial charge in [0, 0.05) is 50.9 Å². The number of amides is 2. The lowest BCUT2D eigenvalue weighted by Gasteiger charge is -2.36. The molecule has 1 aromatic carbocycles. The number of nitrogens with zero attached hydrogens (tertiary/aromatic N) is 2. The van der Waals surface area contributed by atoms with Gasteiger partial charge < -0.3 is 15.1 Å². The molecule has 0 bridgehead atoms. The fourth-order valence-electron chi connectivity index (χ4n) is 2.68. The minimum absolute atomic E-state index is 0.0662. The first kappa shape index (κ1) is 16.3. The summed E-state index contributed by atoms with van der Waals surface area (Å²) in [7, 11) is 0. The molecular formula is C17H25N3O2. The van der Waals surface area contributed by atoms with Crippen LogP contribution in [0.3, 0.4) is 0 Å². The first-order valence-corrected chi connectivity index (χ1v) is 8.00. The van der Waals surface area contributed by atoms with Gasteiger partial charge in [-0.2, -0.15) is 0 Å². The first-order valence-electron chi connectivity index (χ1n) is 8.00. The highest BCUT2D eigenvalue weighted by atomic mass is 16.2. The SMILES string of the molecule is CCCCC(=O)N1CCN(c2cccc(NC(C)=O)c2)CC1. The number of piperazine rings is 1. The molecule has 0 atom stereocenters. The Kier molecular flexibility index (Phi) is 5.81. The average molecular weight is 303 g/mol. The van der Waals surface area contributed by atoms with Gasteiger partial charge in [0.15, 0.2) is 0 Å². The number of hydrogen-bond acceptors (Lipinski definition) is 3. The van der Waals surface area contributed by atoms with E-state index < -0.39 is 0 Å². The number of rotatable bonds is 5. The van der Waals surface area contributed by atoms with Crippen molar-refractivity contribution in [3.8, 4) is 0 Å². The van der Waals surface area contributed by atoms with Crippen LogP contribution in [-0.2, 0) is 9.59 Å². The Hall–Kier alpha value is -2.04. The molecule has 120 valence electrons. The summed E-state index contributed by atoms with van der Waals surface area (Å²) in [6.07, 6.45) is 2.69. The molecule has 2 amide bonds. The predicted octanol–water partition coefficient (Wildman–Crippen LogP) is 2.48. The number of hydrogen-bond donors (Lipinski definition) is 1. The van der Waals surface area contributed by atoms with Crippen LogP contribution in [0.15, 0.2) is 24.3 Å². The summed E-state index contributed by atoms with van der Waals surface area (Å²) >= 11 is 0. The fourth-order valence-corrected chi connectivity index (χ4v) is 2.68. The third kappa shape index (κ3) is 4.48. The van der Waals surface area contributed by atoms with Crippen molar-refractivity contribution in [3.63, 3.8) is 0 Å². The third-order valence-corrected chi connectivity index (χ3v) is 3.91. The maximum Gasteiger partial charge on any atom is 0.222 e. The molecule has 0 spiro atoms. The van der Waals surface area contributed by atoms with Crippen LogP contribution in [0.1, 0.15) is 33.1 Å². The molecule has 1 aliphatic heterocycles. The maximum atomic E-state index is 12.0. The van der Waals surface area contributed by atoms with Crippen molar-refractivity contribution >= 4 is 23.2 Å². The highest BCUT2D eigenvalue weighted by Gasteiger charge is 2.20. The average Bonchev–Trinajstić information content (AvgIpc) is 2.52. The lowest BCUT2D eigenvalue weighted by atomic mass is 10.2. The largest absolute Gasteiger partial charge is 0.368 e. The zero-order valence-electron chi connectivity index (χ0n) is 13.5. The van der Waals surface area contributed by atoms with Gasteiger partial charge in [0.1, 0.15) is 0 Å². The highest BCUT2D eigenvalue weighted by Crippen LogP contribution is 2.21. The van der Waals surface area contributed by atoms with Gasteiger partial charge in [0.2, 0.25) is 11.8 Å². The Morgan fingerprint density at radius 3 is 2.55 bits per heavy atom. The minimum Gasteiger partial charge on any atom is -0.368 e. The molecule has 22 heavy (non-hydrogen) atoms. The van der Waals surface area contributed by atoms with Crippen LogP contribution in [0, 0.1) is 0 Å². The Morgan fingerprint density at radius 1 is 1.18 bits per heavy atom.